The SMILES string of the molecule is COC(=O)c1ccc(C=C(COc2ccc(NC(C)=O)cc2)C(=O)OC(C)(C)C)cc1. The fourth-order valence-electron chi connectivity index (χ4n) is 2.54. The maximum absolute atomic E-state index is 12.7. The Morgan fingerprint density at radius 3 is 2.10 bits per heavy atom. The summed E-state index contributed by atoms with van der Waals surface area (Å²) in [4.78, 5) is 35.4. The number of anilines is 1. The maximum Gasteiger partial charge on any atom is 0.338 e. The lowest BCUT2D eigenvalue weighted by Crippen LogP contribution is -2.26. The van der Waals surface area contributed by atoms with Gasteiger partial charge in [0.05, 0.1) is 18.2 Å². The predicted octanol–water partition coefficient (Wildman–Crippen LogP) is 4.24. The van der Waals surface area contributed by atoms with Crippen LogP contribution in [0.1, 0.15) is 43.6 Å². The van der Waals surface area contributed by atoms with Crippen molar-refractivity contribution in [1.82, 2.24) is 0 Å². The fourth-order valence-corrected chi connectivity index (χ4v) is 2.54. The zero-order valence-corrected chi connectivity index (χ0v) is 18.4. The smallest absolute Gasteiger partial charge is 0.338 e. The van der Waals surface area contributed by atoms with Crippen molar-refractivity contribution in [1.29, 1.82) is 0 Å². The molecule has 0 aromatic heterocycles. The Morgan fingerprint density at radius 1 is 0.968 bits per heavy atom. The standard InChI is InChI=1S/C24H27NO6/c1-16(26)25-20-10-12-21(13-11-20)30-15-19(23(28)31-24(2,3)4)14-17-6-8-18(9-7-17)22(27)29-5/h6-14H,15H2,1-5H3,(H,25,26). The van der Waals surface area contributed by atoms with Crippen molar-refractivity contribution in [3.8, 4) is 5.75 Å². The molecule has 0 spiro atoms. The van der Waals surface area contributed by atoms with Gasteiger partial charge in [-0.3, -0.25) is 4.79 Å². The number of carbonyl (C=O) groups excluding carboxylic acids is 3. The summed E-state index contributed by atoms with van der Waals surface area (Å²) in [7, 11) is 1.32. The van der Waals surface area contributed by atoms with E-state index in [0.717, 1.165) is 0 Å². The number of carbonyl (C=O) groups is 3. The van der Waals surface area contributed by atoms with E-state index >= 15 is 0 Å². The Balaban J connectivity index is 2.20. The molecule has 0 fully saturated rings. The molecule has 0 aliphatic rings. The molecule has 7 nitrogen and oxygen atoms in total. The molecular weight excluding hydrogens is 398 g/mol. The van der Waals surface area contributed by atoms with Gasteiger partial charge in [-0.05, 0) is 68.8 Å². The molecule has 164 valence electrons. The molecule has 0 unspecified atom stereocenters. The van der Waals surface area contributed by atoms with Crippen LogP contribution in [0.5, 0.6) is 5.75 Å². The molecule has 1 amide bonds. The molecule has 0 saturated carbocycles. The van der Waals surface area contributed by atoms with Crippen LogP contribution in [0.2, 0.25) is 0 Å². The second kappa shape index (κ2) is 10.4. The topological polar surface area (TPSA) is 90.9 Å². The summed E-state index contributed by atoms with van der Waals surface area (Å²) in [5, 5.41) is 2.68. The number of amides is 1. The molecule has 0 atom stereocenters. The first-order valence-electron chi connectivity index (χ1n) is 9.70. The largest absolute Gasteiger partial charge is 0.489 e. The van der Waals surface area contributed by atoms with Crippen molar-refractivity contribution in [3.05, 3.63) is 65.2 Å². The van der Waals surface area contributed by atoms with Gasteiger partial charge in [-0.25, -0.2) is 9.59 Å². The van der Waals surface area contributed by atoms with Crippen molar-refractivity contribution in [2.45, 2.75) is 33.3 Å². The first kappa shape index (κ1) is 23.7. The molecule has 7 heteroatoms. The fraction of sp³-hybridized carbons (Fsp3) is 0.292. The van der Waals surface area contributed by atoms with Gasteiger partial charge in [0, 0.05) is 12.6 Å². The van der Waals surface area contributed by atoms with Crippen LogP contribution in [0.3, 0.4) is 0 Å². The van der Waals surface area contributed by atoms with E-state index in [1.165, 1.54) is 14.0 Å². The Hall–Kier alpha value is -3.61. The highest BCUT2D eigenvalue weighted by atomic mass is 16.6. The molecule has 0 aliphatic heterocycles. The normalized spacial score (nSPS) is 11.5. The molecule has 2 aromatic rings. The summed E-state index contributed by atoms with van der Waals surface area (Å²) in [5.41, 5.74) is 1.41. The van der Waals surface area contributed by atoms with Crippen molar-refractivity contribution in [2.24, 2.45) is 0 Å². The molecule has 0 heterocycles. The van der Waals surface area contributed by atoms with Crippen LogP contribution in [0, 0.1) is 0 Å². The number of esters is 2. The molecular formula is C24H27NO6. The van der Waals surface area contributed by atoms with Gasteiger partial charge in [0.2, 0.25) is 5.91 Å². The summed E-state index contributed by atoms with van der Waals surface area (Å²) in [5.74, 6) is -0.569. The molecule has 0 aliphatic carbocycles. The second-order valence-corrected chi connectivity index (χ2v) is 7.78. The van der Waals surface area contributed by atoms with E-state index in [0.29, 0.717) is 28.1 Å². The second-order valence-electron chi connectivity index (χ2n) is 7.78. The minimum absolute atomic E-state index is 0.0207. The van der Waals surface area contributed by atoms with Crippen LogP contribution in [-0.2, 0) is 19.1 Å². The van der Waals surface area contributed by atoms with Crippen molar-refractivity contribution >= 4 is 29.6 Å². The number of benzene rings is 2. The van der Waals surface area contributed by atoms with Crippen molar-refractivity contribution < 1.29 is 28.6 Å². The zero-order chi connectivity index (χ0) is 23.0. The van der Waals surface area contributed by atoms with E-state index in [1.54, 1.807) is 75.4 Å². The van der Waals surface area contributed by atoms with E-state index in [-0.39, 0.29) is 12.5 Å². The summed E-state index contributed by atoms with van der Waals surface area (Å²) in [6.45, 7) is 6.77. The lowest BCUT2D eigenvalue weighted by molar-refractivity contribution is -0.150. The van der Waals surface area contributed by atoms with E-state index < -0.39 is 17.5 Å². The molecule has 0 saturated heterocycles. The third-order valence-electron chi connectivity index (χ3n) is 3.90. The number of hydrogen-bond acceptors (Lipinski definition) is 6. The van der Waals surface area contributed by atoms with E-state index in [1.807, 2.05) is 0 Å². The molecule has 0 radical (unpaired) electrons. The lowest BCUT2D eigenvalue weighted by atomic mass is 10.1. The average Bonchev–Trinajstić information content (AvgIpc) is 2.70. The van der Waals surface area contributed by atoms with Gasteiger partial charge in [-0.2, -0.15) is 0 Å². The Morgan fingerprint density at radius 2 is 1.58 bits per heavy atom. The third-order valence-corrected chi connectivity index (χ3v) is 3.90. The number of nitrogens with one attached hydrogen (secondary N) is 1. The van der Waals surface area contributed by atoms with Gasteiger partial charge < -0.3 is 19.5 Å². The van der Waals surface area contributed by atoms with E-state index in [2.05, 4.69) is 5.32 Å². The number of ether oxygens (including phenoxy) is 3. The summed E-state index contributed by atoms with van der Waals surface area (Å²) in [6.07, 6.45) is 1.65. The van der Waals surface area contributed by atoms with Crippen LogP contribution < -0.4 is 10.1 Å². The van der Waals surface area contributed by atoms with Crippen LogP contribution >= 0.6 is 0 Å². The van der Waals surface area contributed by atoms with Crippen LogP contribution in [-0.4, -0.2) is 37.2 Å². The molecule has 0 bridgehead atoms. The minimum Gasteiger partial charge on any atom is -0.489 e. The Labute approximate surface area is 182 Å². The molecule has 31 heavy (non-hydrogen) atoms. The predicted molar refractivity (Wildman–Crippen MR) is 118 cm³/mol. The van der Waals surface area contributed by atoms with Crippen LogP contribution in [0.25, 0.3) is 6.08 Å². The van der Waals surface area contributed by atoms with Gasteiger partial charge in [-0.15, -0.1) is 0 Å². The van der Waals surface area contributed by atoms with Gasteiger partial charge in [0.15, 0.2) is 0 Å². The van der Waals surface area contributed by atoms with Crippen molar-refractivity contribution in [3.63, 3.8) is 0 Å². The Bertz CT molecular complexity index is 953. The monoisotopic (exact) mass is 425 g/mol. The zero-order valence-electron chi connectivity index (χ0n) is 18.4. The lowest BCUT2D eigenvalue weighted by Gasteiger charge is -2.21. The molecule has 1 N–H and O–H groups in total. The first-order chi connectivity index (χ1) is 14.6. The molecule has 2 aromatic carbocycles. The number of rotatable bonds is 7. The van der Waals surface area contributed by atoms with Gasteiger partial charge in [0.1, 0.15) is 18.0 Å². The number of methoxy groups -OCH3 is 1. The van der Waals surface area contributed by atoms with Gasteiger partial charge in [0.25, 0.3) is 0 Å². The first-order valence-corrected chi connectivity index (χ1v) is 9.70. The van der Waals surface area contributed by atoms with Crippen LogP contribution in [0.15, 0.2) is 54.1 Å². The Kier molecular flexibility index (Phi) is 7.96. The van der Waals surface area contributed by atoms with Gasteiger partial charge in [-0.1, -0.05) is 12.1 Å². The highest BCUT2D eigenvalue weighted by Gasteiger charge is 2.20. The summed E-state index contributed by atoms with van der Waals surface area (Å²) >= 11 is 0. The minimum atomic E-state index is -0.662. The van der Waals surface area contributed by atoms with Gasteiger partial charge >= 0.3 is 11.9 Å². The highest BCUT2D eigenvalue weighted by Crippen LogP contribution is 2.19. The quantitative estimate of drug-likeness (QED) is 0.527. The number of hydrogen-bond donors (Lipinski definition) is 1. The molecule has 2 rings (SSSR count). The highest BCUT2D eigenvalue weighted by molar-refractivity contribution is 5.95. The third kappa shape index (κ3) is 7.97. The van der Waals surface area contributed by atoms with E-state index in [4.69, 9.17) is 14.2 Å². The summed E-state index contributed by atoms with van der Waals surface area (Å²) < 4.78 is 15.9. The van der Waals surface area contributed by atoms with Crippen molar-refractivity contribution in [2.75, 3.05) is 19.0 Å². The summed E-state index contributed by atoms with van der Waals surface area (Å²) in [6, 6.07) is 13.5. The van der Waals surface area contributed by atoms with E-state index in [9.17, 15) is 14.4 Å². The maximum atomic E-state index is 12.7. The average molecular weight is 425 g/mol. The van der Waals surface area contributed by atoms with Crippen LogP contribution in [0.4, 0.5) is 5.69 Å².